The second kappa shape index (κ2) is 12.4. The molecule has 0 spiro atoms. The number of aryl methyl sites for hydroxylation is 2. The molecule has 1 aliphatic rings. The van der Waals surface area contributed by atoms with Crippen LogP contribution in [0, 0.1) is 5.41 Å². The first-order valence-corrected chi connectivity index (χ1v) is 11.9. The molecule has 1 saturated heterocycles. The lowest BCUT2D eigenvalue weighted by molar-refractivity contribution is 0.102. The van der Waals surface area contributed by atoms with Gasteiger partial charge in [0.1, 0.15) is 17.4 Å². The fraction of sp³-hybridized carbons (Fsp3) is 0.321. The van der Waals surface area contributed by atoms with Crippen LogP contribution in [0.3, 0.4) is 0 Å². The summed E-state index contributed by atoms with van der Waals surface area (Å²) in [6.07, 6.45) is 6.55. The molecule has 1 aliphatic heterocycles. The molecule has 35 heavy (non-hydrogen) atoms. The number of carbonyl (C=O) groups excluding carboxylic acids is 1. The van der Waals surface area contributed by atoms with Crippen molar-refractivity contribution < 1.29 is 9.53 Å². The van der Waals surface area contributed by atoms with Crippen molar-refractivity contribution in [2.24, 2.45) is 0 Å². The predicted octanol–water partition coefficient (Wildman–Crippen LogP) is 6.23. The molecule has 0 radical (unpaired) electrons. The average molecular weight is 493 g/mol. The standard InChI is InChI=1S/C27H29ClN4O2.CH4/c1-34-23-13-11-20(24(17-23)27(33)31-25-14-12-22(28)18-30-25)8-5-19-6-9-21(10-7-19)26(29)32-15-3-2-4-16-32;/h6-7,9-14,17-18,29H,2-5,8,15-16H2,1H3,(H,30,31,33);1H4. The second-order valence-corrected chi connectivity index (χ2v) is 8.87. The maximum absolute atomic E-state index is 13.0. The van der Waals surface area contributed by atoms with Crippen LogP contribution in [0.15, 0.2) is 60.8 Å². The lowest BCUT2D eigenvalue weighted by Gasteiger charge is -2.29. The third-order valence-corrected chi connectivity index (χ3v) is 6.34. The Labute approximate surface area is 212 Å². The number of nitrogens with zero attached hydrogens (tertiary/aromatic N) is 2. The molecule has 2 aromatic carbocycles. The van der Waals surface area contributed by atoms with Gasteiger partial charge in [0.05, 0.1) is 12.1 Å². The summed E-state index contributed by atoms with van der Waals surface area (Å²) in [6, 6.07) is 17.1. The Balaban J connectivity index is 0.00000342. The van der Waals surface area contributed by atoms with Gasteiger partial charge in [-0.3, -0.25) is 10.2 Å². The van der Waals surface area contributed by atoms with E-state index in [4.69, 9.17) is 21.7 Å². The number of carbonyl (C=O) groups is 1. The topological polar surface area (TPSA) is 78.3 Å². The first-order valence-electron chi connectivity index (χ1n) is 11.6. The summed E-state index contributed by atoms with van der Waals surface area (Å²) in [6.45, 7) is 1.93. The van der Waals surface area contributed by atoms with E-state index in [1.807, 2.05) is 24.3 Å². The number of aromatic nitrogens is 1. The van der Waals surface area contributed by atoms with Crippen LogP contribution >= 0.6 is 11.6 Å². The summed E-state index contributed by atoms with van der Waals surface area (Å²) < 4.78 is 5.34. The zero-order valence-electron chi connectivity index (χ0n) is 19.3. The summed E-state index contributed by atoms with van der Waals surface area (Å²) in [5.74, 6) is 1.43. The molecule has 0 aliphatic carbocycles. The van der Waals surface area contributed by atoms with E-state index < -0.39 is 0 Å². The van der Waals surface area contributed by atoms with E-state index in [0.717, 1.165) is 49.0 Å². The predicted molar refractivity (Wildman–Crippen MR) is 143 cm³/mol. The highest BCUT2D eigenvalue weighted by atomic mass is 35.5. The number of nitrogens with one attached hydrogen (secondary N) is 2. The van der Waals surface area contributed by atoms with Crippen molar-refractivity contribution in [3.8, 4) is 5.75 Å². The Morgan fingerprint density at radius 1 is 1.06 bits per heavy atom. The number of pyridine rings is 1. The Morgan fingerprint density at radius 2 is 1.80 bits per heavy atom. The summed E-state index contributed by atoms with van der Waals surface area (Å²) in [5.41, 5.74) is 3.60. The maximum atomic E-state index is 13.0. The van der Waals surface area contributed by atoms with Gasteiger partial charge in [-0.05, 0) is 67.5 Å². The molecule has 1 amide bonds. The van der Waals surface area contributed by atoms with E-state index in [1.54, 1.807) is 25.3 Å². The summed E-state index contributed by atoms with van der Waals surface area (Å²) >= 11 is 5.89. The van der Waals surface area contributed by atoms with E-state index >= 15 is 0 Å². The van der Waals surface area contributed by atoms with E-state index in [-0.39, 0.29) is 13.3 Å². The minimum absolute atomic E-state index is 0. The number of hydrogen-bond donors (Lipinski definition) is 2. The largest absolute Gasteiger partial charge is 0.497 e. The van der Waals surface area contributed by atoms with Crippen molar-refractivity contribution >= 4 is 29.2 Å². The number of methoxy groups -OCH3 is 1. The van der Waals surface area contributed by atoms with Gasteiger partial charge in [-0.15, -0.1) is 0 Å². The number of halogens is 1. The van der Waals surface area contributed by atoms with Crippen molar-refractivity contribution in [1.29, 1.82) is 5.41 Å². The summed E-state index contributed by atoms with van der Waals surface area (Å²) in [7, 11) is 1.58. The monoisotopic (exact) mass is 492 g/mol. The number of amidine groups is 1. The smallest absolute Gasteiger partial charge is 0.257 e. The van der Waals surface area contributed by atoms with Gasteiger partial charge < -0.3 is 15.0 Å². The van der Waals surface area contributed by atoms with Gasteiger partial charge in [-0.25, -0.2) is 4.98 Å². The Morgan fingerprint density at radius 3 is 2.46 bits per heavy atom. The Bertz CT molecular complexity index is 1140. The van der Waals surface area contributed by atoms with Gasteiger partial charge in [0.25, 0.3) is 5.91 Å². The molecule has 0 unspecified atom stereocenters. The van der Waals surface area contributed by atoms with Crippen molar-refractivity contribution in [2.75, 3.05) is 25.5 Å². The van der Waals surface area contributed by atoms with Crippen LogP contribution in [0.5, 0.6) is 5.75 Å². The lowest BCUT2D eigenvalue weighted by Crippen LogP contribution is -2.35. The van der Waals surface area contributed by atoms with Crippen LogP contribution in [0.2, 0.25) is 5.02 Å². The summed E-state index contributed by atoms with van der Waals surface area (Å²) in [4.78, 5) is 19.3. The highest BCUT2D eigenvalue weighted by Crippen LogP contribution is 2.22. The maximum Gasteiger partial charge on any atom is 0.257 e. The number of likely N-dealkylation sites (tertiary alicyclic amines) is 1. The van der Waals surface area contributed by atoms with Gasteiger partial charge >= 0.3 is 0 Å². The molecule has 0 atom stereocenters. The van der Waals surface area contributed by atoms with Crippen molar-refractivity contribution in [3.05, 3.63) is 88.1 Å². The Hall–Kier alpha value is -3.38. The lowest BCUT2D eigenvalue weighted by atomic mass is 9.98. The molecular weight excluding hydrogens is 460 g/mol. The molecule has 2 N–H and O–H groups in total. The quantitative estimate of drug-likeness (QED) is 0.303. The molecule has 6 nitrogen and oxygen atoms in total. The number of amides is 1. The zero-order chi connectivity index (χ0) is 23.9. The molecule has 0 saturated carbocycles. The number of piperidine rings is 1. The zero-order valence-corrected chi connectivity index (χ0v) is 20.1. The third kappa shape index (κ3) is 6.83. The molecule has 0 bridgehead atoms. The third-order valence-electron chi connectivity index (χ3n) is 6.11. The molecule has 3 aromatic rings. The number of ether oxygens (including phenoxy) is 1. The Kier molecular flexibility index (Phi) is 9.26. The normalized spacial score (nSPS) is 13.0. The number of rotatable bonds is 7. The molecule has 2 heterocycles. The van der Waals surface area contributed by atoms with Gasteiger partial charge in [-0.2, -0.15) is 0 Å². The van der Waals surface area contributed by atoms with E-state index in [2.05, 4.69) is 27.3 Å². The van der Waals surface area contributed by atoms with E-state index in [0.29, 0.717) is 34.4 Å². The SMILES string of the molecule is C.COc1ccc(CCc2ccc(C(=N)N3CCCCC3)cc2)c(C(=O)Nc2ccc(Cl)cn2)c1. The number of benzene rings is 2. The van der Waals surface area contributed by atoms with Gasteiger partial charge in [-0.1, -0.05) is 49.4 Å². The molecule has 7 heteroatoms. The number of hydrogen-bond acceptors (Lipinski definition) is 4. The minimum atomic E-state index is -0.242. The highest BCUT2D eigenvalue weighted by Gasteiger charge is 2.16. The molecule has 1 aromatic heterocycles. The number of anilines is 1. The molecule has 184 valence electrons. The van der Waals surface area contributed by atoms with Gasteiger partial charge in [0.2, 0.25) is 0 Å². The molecule has 4 rings (SSSR count). The fourth-order valence-corrected chi connectivity index (χ4v) is 4.27. The average Bonchev–Trinajstić information content (AvgIpc) is 2.89. The van der Waals surface area contributed by atoms with Crippen molar-refractivity contribution in [3.63, 3.8) is 0 Å². The van der Waals surface area contributed by atoms with Crippen molar-refractivity contribution in [1.82, 2.24) is 9.88 Å². The van der Waals surface area contributed by atoms with E-state index in [9.17, 15) is 4.79 Å². The molecular formula is C28H33ClN4O2. The summed E-state index contributed by atoms with van der Waals surface area (Å²) in [5, 5.41) is 11.9. The highest BCUT2D eigenvalue weighted by molar-refractivity contribution is 6.30. The van der Waals surface area contributed by atoms with Crippen LogP contribution in [0.1, 0.15) is 53.7 Å². The molecule has 1 fully saturated rings. The van der Waals surface area contributed by atoms with Crippen LogP contribution < -0.4 is 10.1 Å². The van der Waals surface area contributed by atoms with Crippen LogP contribution in [-0.2, 0) is 12.8 Å². The first kappa shape index (κ1) is 26.2. The van der Waals surface area contributed by atoms with Crippen LogP contribution in [-0.4, -0.2) is 41.8 Å². The van der Waals surface area contributed by atoms with Gasteiger partial charge in [0.15, 0.2) is 0 Å². The van der Waals surface area contributed by atoms with Gasteiger partial charge in [0, 0.05) is 30.4 Å². The first-order chi connectivity index (χ1) is 16.5. The fourth-order valence-electron chi connectivity index (χ4n) is 4.15. The van der Waals surface area contributed by atoms with Crippen molar-refractivity contribution in [2.45, 2.75) is 39.5 Å². The van der Waals surface area contributed by atoms with Crippen LogP contribution in [0.25, 0.3) is 0 Å². The second-order valence-electron chi connectivity index (χ2n) is 8.43. The van der Waals surface area contributed by atoms with Crippen LogP contribution in [0.4, 0.5) is 5.82 Å². The minimum Gasteiger partial charge on any atom is -0.497 e. The van der Waals surface area contributed by atoms with E-state index in [1.165, 1.54) is 12.6 Å².